The predicted molar refractivity (Wildman–Crippen MR) is 60.6 cm³/mol. The zero-order chi connectivity index (χ0) is 10.8. The average molecular weight is 242 g/mol. The van der Waals surface area contributed by atoms with Crippen molar-refractivity contribution in [2.45, 2.75) is 6.92 Å². The lowest BCUT2D eigenvalue weighted by Gasteiger charge is -2.03. The highest BCUT2D eigenvalue weighted by atomic mass is 35.5. The molecule has 2 rings (SSSR count). The molecule has 2 heterocycles. The fourth-order valence-corrected chi connectivity index (χ4v) is 2.21. The monoisotopic (exact) mass is 241 g/mol. The van der Waals surface area contributed by atoms with Crippen molar-refractivity contribution < 1.29 is 9.53 Å². The maximum Gasteiger partial charge on any atom is 0.341 e. The number of carbonyl (C=O) groups excluding carboxylic acids is 1. The summed E-state index contributed by atoms with van der Waals surface area (Å²) in [7, 11) is 0. The van der Waals surface area contributed by atoms with Gasteiger partial charge in [0, 0.05) is 0 Å². The van der Waals surface area contributed by atoms with E-state index in [-0.39, 0.29) is 5.15 Å². The Balaban J connectivity index is 2.50. The Bertz CT molecular complexity index is 509. The SMILES string of the molecule is CCOC(=O)c1cc2sccc2nc1Cl. The van der Waals surface area contributed by atoms with Crippen molar-refractivity contribution in [3.05, 3.63) is 28.2 Å². The first-order valence-electron chi connectivity index (χ1n) is 4.43. The summed E-state index contributed by atoms with van der Waals surface area (Å²) >= 11 is 7.40. The number of aromatic nitrogens is 1. The van der Waals surface area contributed by atoms with Gasteiger partial charge in [0.05, 0.1) is 22.4 Å². The minimum absolute atomic E-state index is 0.194. The molecule has 78 valence electrons. The second-order valence-electron chi connectivity index (χ2n) is 2.85. The van der Waals surface area contributed by atoms with E-state index in [1.165, 1.54) is 11.3 Å². The van der Waals surface area contributed by atoms with E-state index in [0.717, 1.165) is 10.2 Å². The number of pyridine rings is 1. The van der Waals surface area contributed by atoms with Crippen LogP contribution in [0.25, 0.3) is 10.2 Å². The summed E-state index contributed by atoms with van der Waals surface area (Å²) in [4.78, 5) is 15.6. The van der Waals surface area contributed by atoms with Crippen molar-refractivity contribution in [1.29, 1.82) is 0 Å². The van der Waals surface area contributed by atoms with Gasteiger partial charge >= 0.3 is 5.97 Å². The van der Waals surface area contributed by atoms with Crippen molar-refractivity contribution in [1.82, 2.24) is 4.98 Å². The number of rotatable bonds is 2. The second-order valence-corrected chi connectivity index (χ2v) is 4.16. The van der Waals surface area contributed by atoms with E-state index in [0.29, 0.717) is 12.2 Å². The van der Waals surface area contributed by atoms with Crippen LogP contribution in [-0.4, -0.2) is 17.6 Å². The third kappa shape index (κ3) is 1.96. The van der Waals surface area contributed by atoms with Crippen molar-refractivity contribution in [3.63, 3.8) is 0 Å². The molecule has 0 aliphatic rings. The number of nitrogens with zero attached hydrogens (tertiary/aromatic N) is 1. The van der Waals surface area contributed by atoms with Crippen LogP contribution in [0.2, 0.25) is 5.15 Å². The van der Waals surface area contributed by atoms with E-state index in [9.17, 15) is 4.79 Å². The molecule has 0 amide bonds. The zero-order valence-corrected chi connectivity index (χ0v) is 9.56. The Morgan fingerprint density at radius 1 is 1.67 bits per heavy atom. The number of hydrogen-bond donors (Lipinski definition) is 0. The Morgan fingerprint density at radius 3 is 3.20 bits per heavy atom. The fraction of sp³-hybridized carbons (Fsp3) is 0.200. The van der Waals surface area contributed by atoms with Crippen LogP contribution in [0.4, 0.5) is 0 Å². The lowest BCUT2D eigenvalue weighted by atomic mass is 10.2. The third-order valence-electron chi connectivity index (χ3n) is 1.89. The van der Waals surface area contributed by atoms with Gasteiger partial charge in [-0.25, -0.2) is 9.78 Å². The molecule has 0 fully saturated rings. The first-order valence-corrected chi connectivity index (χ1v) is 5.69. The van der Waals surface area contributed by atoms with Gasteiger partial charge in [-0.05, 0) is 24.4 Å². The molecule has 0 saturated heterocycles. The van der Waals surface area contributed by atoms with Gasteiger partial charge in [-0.3, -0.25) is 0 Å². The van der Waals surface area contributed by atoms with Crippen LogP contribution in [0.5, 0.6) is 0 Å². The van der Waals surface area contributed by atoms with Gasteiger partial charge in [0.15, 0.2) is 0 Å². The highest BCUT2D eigenvalue weighted by Crippen LogP contribution is 2.25. The van der Waals surface area contributed by atoms with Crippen molar-refractivity contribution in [2.24, 2.45) is 0 Å². The molecule has 5 heteroatoms. The second kappa shape index (κ2) is 4.16. The zero-order valence-electron chi connectivity index (χ0n) is 7.99. The fourth-order valence-electron chi connectivity index (χ4n) is 1.22. The smallest absolute Gasteiger partial charge is 0.341 e. The van der Waals surface area contributed by atoms with Crippen LogP contribution in [0.1, 0.15) is 17.3 Å². The number of esters is 1. The first kappa shape index (κ1) is 10.4. The highest BCUT2D eigenvalue weighted by molar-refractivity contribution is 7.17. The number of ether oxygens (including phenoxy) is 1. The van der Waals surface area contributed by atoms with E-state index >= 15 is 0 Å². The topological polar surface area (TPSA) is 39.2 Å². The van der Waals surface area contributed by atoms with Gasteiger partial charge in [0.25, 0.3) is 0 Å². The molecule has 0 spiro atoms. The van der Waals surface area contributed by atoms with Gasteiger partial charge < -0.3 is 4.74 Å². The molecule has 2 aromatic rings. The first-order chi connectivity index (χ1) is 7.22. The molecule has 0 aliphatic heterocycles. The number of thiophene rings is 1. The molecular weight excluding hydrogens is 234 g/mol. The van der Waals surface area contributed by atoms with Crippen LogP contribution in [0, 0.1) is 0 Å². The van der Waals surface area contributed by atoms with E-state index in [2.05, 4.69) is 4.98 Å². The lowest BCUT2D eigenvalue weighted by molar-refractivity contribution is 0.0526. The molecule has 0 bridgehead atoms. The normalized spacial score (nSPS) is 10.5. The lowest BCUT2D eigenvalue weighted by Crippen LogP contribution is -2.05. The highest BCUT2D eigenvalue weighted by Gasteiger charge is 2.14. The van der Waals surface area contributed by atoms with E-state index in [1.54, 1.807) is 13.0 Å². The standard InChI is InChI=1S/C10H8ClNO2S/c1-2-14-10(13)6-5-8-7(3-4-15-8)12-9(6)11/h3-5H,2H2,1H3. The average Bonchev–Trinajstić information content (AvgIpc) is 2.63. The maximum absolute atomic E-state index is 11.5. The summed E-state index contributed by atoms with van der Waals surface area (Å²) in [5.74, 6) is -0.426. The van der Waals surface area contributed by atoms with Crippen molar-refractivity contribution in [3.8, 4) is 0 Å². The largest absolute Gasteiger partial charge is 0.462 e. The Hall–Kier alpha value is -1.13. The van der Waals surface area contributed by atoms with Crippen molar-refractivity contribution >= 4 is 39.1 Å². The Kier molecular flexibility index (Phi) is 2.88. The molecule has 0 aliphatic carbocycles. The molecule has 3 nitrogen and oxygen atoms in total. The van der Waals surface area contributed by atoms with E-state index in [4.69, 9.17) is 16.3 Å². The predicted octanol–water partition coefficient (Wildman–Crippen LogP) is 3.13. The number of halogens is 1. The van der Waals surface area contributed by atoms with Gasteiger partial charge in [-0.15, -0.1) is 11.3 Å². The molecule has 0 saturated carbocycles. The maximum atomic E-state index is 11.5. The van der Waals surface area contributed by atoms with Crippen LogP contribution < -0.4 is 0 Å². The molecule has 0 radical (unpaired) electrons. The summed E-state index contributed by atoms with van der Waals surface area (Å²) in [6.07, 6.45) is 0. The van der Waals surface area contributed by atoms with Crippen LogP contribution in [0.3, 0.4) is 0 Å². The number of fused-ring (bicyclic) bond motifs is 1. The summed E-state index contributed by atoms with van der Waals surface area (Å²) in [5, 5.41) is 2.10. The molecule has 15 heavy (non-hydrogen) atoms. The quantitative estimate of drug-likeness (QED) is 0.599. The van der Waals surface area contributed by atoms with Crippen LogP contribution in [-0.2, 0) is 4.74 Å². The third-order valence-corrected chi connectivity index (χ3v) is 3.03. The number of hydrogen-bond acceptors (Lipinski definition) is 4. The van der Waals surface area contributed by atoms with Gasteiger partial charge in [-0.1, -0.05) is 11.6 Å². The minimum atomic E-state index is -0.426. The summed E-state index contributed by atoms with van der Waals surface area (Å²) in [6.45, 7) is 2.08. The summed E-state index contributed by atoms with van der Waals surface area (Å²) < 4.78 is 5.81. The number of carbonyl (C=O) groups is 1. The molecular formula is C10H8ClNO2S. The van der Waals surface area contributed by atoms with Gasteiger partial charge in [0.1, 0.15) is 5.15 Å². The molecule has 2 aromatic heterocycles. The van der Waals surface area contributed by atoms with Gasteiger partial charge in [0.2, 0.25) is 0 Å². The molecule has 0 atom stereocenters. The van der Waals surface area contributed by atoms with Crippen molar-refractivity contribution in [2.75, 3.05) is 6.61 Å². The van der Waals surface area contributed by atoms with E-state index < -0.39 is 5.97 Å². The van der Waals surface area contributed by atoms with E-state index in [1.807, 2.05) is 11.4 Å². The van der Waals surface area contributed by atoms with Gasteiger partial charge in [-0.2, -0.15) is 0 Å². The molecule has 0 aromatic carbocycles. The summed E-state index contributed by atoms with van der Waals surface area (Å²) in [5.41, 5.74) is 1.13. The Labute approximate surface area is 95.6 Å². The Morgan fingerprint density at radius 2 is 2.47 bits per heavy atom. The minimum Gasteiger partial charge on any atom is -0.462 e. The van der Waals surface area contributed by atoms with Crippen LogP contribution in [0.15, 0.2) is 17.5 Å². The summed E-state index contributed by atoms with van der Waals surface area (Å²) in [6, 6.07) is 3.58. The molecule has 0 N–H and O–H groups in total. The van der Waals surface area contributed by atoms with Crippen LogP contribution >= 0.6 is 22.9 Å². The molecule has 0 unspecified atom stereocenters.